The number of nitrogens with one attached hydrogen (secondary N) is 1. The fraction of sp³-hybridized carbons (Fsp3) is 0.517. The second-order valence-electron chi connectivity index (χ2n) is 10.3. The summed E-state index contributed by atoms with van der Waals surface area (Å²) >= 11 is 12.5. The van der Waals surface area contributed by atoms with Crippen LogP contribution in [-0.4, -0.2) is 87.2 Å². The third-order valence-corrected chi connectivity index (χ3v) is 8.18. The van der Waals surface area contributed by atoms with Crippen molar-refractivity contribution < 1.29 is 27.5 Å². The Kier molecular flexibility index (Phi) is 10.8. The van der Waals surface area contributed by atoms with E-state index in [-0.39, 0.29) is 18.2 Å². The predicted octanol–water partition coefficient (Wildman–Crippen LogP) is 4.67. The van der Waals surface area contributed by atoms with Gasteiger partial charge in [0.2, 0.25) is 11.8 Å². The molecule has 2 heterocycles. The van der Waals surface area contributed by atoms with Gasteiger partial charge in [0.1, 0.15) is 6.04 Å². The average molecular weight is 616 g/mol. The zero-order valence-electron chi connectivity index (χ0n) is 23.0. The molecule has 0 bridgehead atoms. The summed E-state index contributed by atoms with van der Waals surface area (Å²) < 4.78 is 45.4. The Labute approximate surface area is 248 Å². The van der Waals surface area contributed by atoms with Gasteiger partial charge in [0.15, 0.2) is 0 Å². The quantitative estimate of drug-likeness (QED) is 0.373. The maximum Gasteiger partial charge on any atom is 0.416 e. The van der Waals surface area contributed by atoms with E-state index in [1.807, 2.05) is 4.90 Å². The molecule has 0 spiro atoms. The highest BCUT2D eigenvalue weighted by Gasteiger charge is 2.37. The molecule has 0 radical (unpaired) electrons. The second-order valence-corrected chi connectivity index (χ2v) is 11.1. The number of benzene rings is 2. The van der Waals surface area contributed by atoms with Crippen molar-refractivity contribution in [3.8, 4) is 0 Å². The van der Waals surface area contributed by atoms with Crippen molar-refractivity contribution in [2.24, 2.45) is 0 Å². The first-order valence-electron chi connectivity index (χ1n) is 13.8. The number of piperazine rings is 1. The minimum absolute atomic E-state index is 0.0550. The number of ether oxygens (including phenoxy) is 1. The Morgan fingerprint density at radius 2 is 1.78 bits per heavy atom. The van der Waals surface area contributed by atoms with Gasteiger partial charge in [-0.1, -0.05) is 29.3 Å². The van der Waals surface area contributed by atoms with Crippen LogP contribution in [0, 0.1) is 0 Å². The van der Waals surface area contributed by atoms with Crippen molar-refractivity contribution in [2.45, 2.75) is 37.9 Å². The molecular weight excluding hydrogens is 580 g/mol. The third kappa shape index (κ3) is 8.06. The van der Waals surface area contributed by atoms with E-state index in [1.54, 1.807) is 35.1 Å². The molecule has 4 rings (SSSR count). The molecule has 2 aliphatic rings. The van der Waals surface area contributed by atoms with E-state index in [4.69, 9.17) is 27.9 Å². The Balaban J connectivity index is 1.47. The normalized spacial score (nSPS) is 16.9. The van der Waals surface area contributed by atoms with Gasteiger partial charge in [-0.25, -0.2) is 0 Å². The molecule has 1 atom stereocenters. The highest BCUT2D eigenvalue weighted by atomic mass is 35.5. The summed E-state index contributed by atoms with van der Waals surface area (Å²) in [6.07, 6.45) is -2.63. The monoisotopic (exact) mass is 614 g/mol. The van der Waals surface area contributed by atoms with Gasteiger partial charge in [0.05, 0.1) is 12.2 Å². The van der Waals surface area contributed by atoms with Gasteiger partial charge >= 0.3 is 6.18 Å². The number of likely N-dealkylation sites (tertiary alicyclic amines) is 1. The maximum atomic E-state index is 13.8. The Bertz CT molecular complexity index is 1220. The van der Waals surface area contributed by atoms with Crippen LogP contribution < -0.4 is 10.2 Å². The van der Waals surface area contributed by atoms with Crippen molar-refractivity contribution >= 4 is 40.7 Å². The molecule has 2 amide bonds. The number of halogens is 5. The molecule has 2 aliphatic heterocycles. The van der Waals surface area contributed by atoms with Gasteiger partial charge in [-0.15, -0.1) is 0 Å². The summed E-state index contributed by atoms with van der Waals surface area (Å²) in [7, 11) is 1.59. The summed E-state index contributed by atoms with van der Waals surface area (Å²) in [6, 6.07) is 8.28. The van der Waals surface area contributed by atoms with E-state index in [0.29, 0.717) is 87.3 Å². The minimum Gasteiger partial charge on any atom is -0.383 e. The first-order valence-corrected chi connectivity index (χ1v) is 14.5. The molecule has 0 aromatic heterocycles. The summed E-state index contributed by atoms with van der Waals surface area (Å²) in [5.41, 5.74) is 1.39. The van der Waals surface area contributed by atoms with Gasteiger partial charge in [-0.05, 0) is 60.8 Å². The topological polar surface area (TPSA) is 65.1 Å². The maximum absolute atomic E-state index is 13.8. The molecule has 0 saturated carbocycles. The number of alkyl halides is 3. The Morgan fingerprint density at radius 1 is 1.02 bits per heavy atom. The fourth-order valence-corrected chi connectivity index (χ4v) is 5.88. The lowest BCUT2D eigenvalue weighted by Crippen LogP contribution is -2.56. The van der Waals surface area contributed by atoms with Crippen LogP contribution >= 0.6 is 23.2 Å². The lowest BCUT2D eigenvalue weighted by molar-refractivity contribution is -0.143. The predicted molar refractivity (Wildman–Crippen MR) is 154 cm³/mol. The van der Waals surface area contributed by atoms with Gasteiger partial charge in [0.25, 0.3) is 0 Å². The summed E-state index contributed by atoms with van der Waals surface area (Å²) in [6.45, 7) is 3.83. The molecular formula is C29H35Cl2F3N4O3. The molecule has 12 heteroatoms. The lowest BCUT2D eigenvalue weighted by Gasteiger charge is -2.40. The average Bonchev–Trinajstić information content (AvgIpc) is 3.37. The van der Waals surface area contributed by atoms with Gasteiger partial charge in [-0.2, -0.15) is 13.2 Å². The summed E-state index contributed by atoms with van der Waals surface area (Å²) in [5.74, 6) is -0.207. The van der Waals surface area contributed by atoms with E-state index in [9.17, 15) is 22.8 Å². The van der Waals surface area contributed by atoms with Crippen molar-refractivity contribution in [3.05, 3.63) is 63.1 Å². The van der Waals surface area contributed by atoms with Crippen molar-refractivity contribution in [1.29, 1.82) is 0 Å². The van der Waals surface area contributed by atoms with Crippen LogP contribution in [0.25, 0.3) is 0 Å². The van der Waals surface area contributed by atoms with Crippen LogP contribution in [0.5, 0.6) is 0 Å². The number of methoxy groups -OCH3 is 1. The first-order chi connectivity index (χ1) is 19.6. The molecule has 0 aliphatic carbocycles. The second kappa shape index (κ2) is 14.1. The first kappa shape index (κ1) is 31.4. The van der Waals surface area contributed by atoms with E-state index >= 15 is 0 Å². The minimum atomic E-state index is -4.43. The smallest absolute Gasteiger partial charge is 0.383 e. The number of hydrogen-bond acceptors (Lipinski definition) is 5. The number of carbonyl (C=O) groups is 2. The van der Waals surface area contributed by atoms with Crippen LogP contribution in [0.1, 0.15) is 29.5 Å². The SMILES string of the molecule is COCCNCCc1cc(C(F)(F)F)ccc1N1CCN(C(=O)[C@H](Cc2ccc(Cl)cc2Cl)N2CCCC2=O)CC1. The zero-order chi connectivity index (χ0) is 29.6. The van der Waals surface area contributed by atoms with Crippen molar-refractivity contribution in [2.75, 3.05) is 64.4 Å². The highest BCUT2D eigenvalue weighted by Crippen LogP contribution is 2.34. The molecule has 1 N–H and O–H groups in total. The van der Waals surface area contributed by atoms with Crippen LogP contribution in [0.2, 0.25) is 10.0 Å². The number of carbonyl (C=O) groups excluding carboxylic acids is 2. The number of anilines is 1. The fourth-order valence-electron chi connectivity index (χ4n) is 5.40. The summed E-state index contributed by atoms with van der Waals surface area (Å²) in [4.78, 5) is 31.9. The third-order valence-electron chi connectivity index (χ3n) is 7.59. The van der Waals surface area contributed by atoms with Gasteiger partial charge < -0.3 is 24.8 Å². The van der Waals surface area contributed by atoms with Crippen LogP contribution in [-0.2, 0) is 33.3 Å². The molecule has 41 heavy (non-hydrogen) atoms. The largest absolute Gasteiger partial charge is 0.416 e. The van der Waals surface area contributed by atoms with Crippen LogP contribution in [0.15, 0.2) is 36.4 Å². The van der Waals surface area contributed by atoms with Crippen LogP contribution in [0.4, 0.5) is 18.9 Å². The molecule has 0 unspecified atom stereocenters. The number of hydrogen-bond donors (Lipinski definition) is 1. The highest BCUT2D eigenvalue weighted by molar-refractivity contribution is 6.35. The Morgan fingerprint density at radius 3 is 2.41 bits per heavy atom. The van der Waals surface area contributed by atoms with E-state index < -0.39 is 17.8 Å². The molecule has 224 valence electrons. The Hall–Kier alpha value is -2.53. The van der Waals surface area contributed by atoms with Crippen molar-refractivity contribution in [3.63, 3.8) is 0 Å². The van der Waals surface area contributed by atoms with Gasteiger partial charge in [-0.3, -0.25) is 9.59 Å². The number of rotatable bonds is 11. The molecule has 2 fully saturated rings. The van der Waals surface area contributed by atoms with E-state index in [1.165, 1.54) is 12.1 Å². The molecule has 2 saturated heterocycles. The number of nitrogens with zero attached hydrogens (tertiary/aromatic N) is 3. The van der Waals surface area contributed by atoms with E-state index in [0.717, 1.165) is 17.3 Å². The summed E-state index contributed by atoms with van der Waals surface area (Å²) in [5, 5.41) is 4.12. The van der Waals surface area contributed by atoms with E-state index in [2.05, 4.69) is 5.32 Å². The molecule has 2 aromatic rings. The lowest BCUT2D eigenvalue weighted by atomic mass is 10.0. The molecule has 7 nitrogen and oxygen atoms in total. The van der Waals surface area contributed by atoms with Gasteiger partial charge in [0, 0.05) is 75.0 Å². The van der Waals surface area contributed by atoms with Crippen LogP contribution in [0.3, 0.4) is 0 Å². The zero-order valence-corrected chi connectivity index (χ0v) is 24.5. The number of amides is 2. The molecule has 2 aromatic carbocycles. The standard InChI is InChI=1S/C29H35Cl2F3N4O3/c1-41-16-10-35-9-8-21-17-22(29(32,33)34)5-7-25(21)36-12-14-37(15-13-36)28(40)26(38-11-2-3-27(38)39)18-20-4-6-23(30)19-24(20)31/h4-7,17,19,26,35H,2-3,8-16,18H2,1H3/t26-/m0/s1. The van der Waals surface area contributed by atoms with Crippen molar-refractivity contribution in [1.82, 2.24) is 15.1 Å².